The molecule has 1 aromatic carbocycles. The zero-order valence-corrected chi connectivity index (χ0v) is 21.4. The van der Waals surface area contributed by atoms with Crippen molar-refractivity contribution in [3.05, 3.63) is 29.8 Å². The van der Waals surface area contributed by atoms with E-state index in [9.17, 15) is 0 Å². The van der Waals surface area contributed by atoms with E-state index >= 15 is 0 Å². The summed E-state index contributed by atoms with van der Waals surface area (Å²) in [4.78, 5) is 0. The molecule has 0 radical (unpaired) electrons. The van der Waals surface area contributed by atoms with Gasteiger partial charge in [0.15, 0.2) is 0 Å². The van der Waals surface area contributed by atoms with E-state index in [-0.39, 0.29) is 5.41 Å². The Balaban J connectivity index is 1.84. The third kappa shape index (κ3) is 14.6. The Bertz CT molecular complexity index is 508. The van der Waals surface area contributed by atoms with Crippen LogP contribution in [-0.2, 0) is 5.41 Å². The van der Waals surface area contributed by atoms with Gasteiger partial charge in [0, 0.05) is 6.54 Å². The molecule has 180 valence electrons. The highest BCUT2D eigenvalue weighted by Crippen LogP contribution is 2.28. The number of unbranched alkanes of at least 4 members (excludes halogenated alkanes) is 13. The van der Waals surface area contributed by atoms with Crippen LogP contribution >= 0.6 is 0 Å². The standard InChI is InChI=1S/C29H53NO/c1-5-7-8-9-10-11-12-13-14-15-16-17-18-19-24-30-25-26-31-28-22-20-27(21-23-28)29(3,4)6-2/h20-23,30H,5-19,24-26H2,1-4H3. The molecule has 0 aliphatic rings. The van der Waals surface area contributed by atoms with Crippen LogP contribution in [0.2, 0.25) is 0 Å². The van der Waals surface area contributed by atoms with Crippen LogP contribution in [-0.4, -0.2) is 19.7 Å². The fraction of sp³-hybridized carbons (Fsp3) is 0.793. The minimum atomic E-state index is 0.244. The maximum atomic E-state index is 5.87. The second-order valence-electron chi connectivity index (χ2n) is 9.96. The Morgan fingerprint density at radius 3 is 1.61 bits per heavy atom. The summed E-state index contributed by atoms with van der Waals surface area (Å²) < 4.78 is 5.87. The highest BCUT2D eigenvalue weighted by Gasteiger charge is 2.17. The number of ether oxygens (including phenoxy) is 1. The SMILES string of the molecule is CCCCCCCCCCCCCCCCNCCOc1ccc(C(C)(C)CC)cc1. The fourth-order valence-corrected chi connectivity index (χ4v) is 4.02. The molecule has 0 aliphatic carbocycles. The molecule has 1 aromatic rings. The van der Waals surface area contributed by atoms with Crippen molar-refractivity contribution in [2.45, 2.75) is 129 Å². The van der Waals surface area contributed by atoms with Gasteiger partial charge in [-0.15, -0.1) is 0 Å². The van der Waals surface area contributed by atoms with Crippen molar-refractivity contribution < 1.29 is 4.74 Å². The lowest BCUT2D eigenvalue weighted by atomic mass is 9.82. The third-order valence-electron chi connectivity index (χ3n) is 6.77. The van der Waals surface area contributed by atoms with E-state index in [4.69, 9.17) is 4.74 Å². The summed E-state index contributed by atoms with van der Waals surface area (Å²) in [6.45, 7) is 11.9. The van der Waals surface area contributed by atoms with Crippen LogP contribution in [0.25, 0.3) is 0 Å². The molecule has 0 unspecified atom stereocenters. The van der Waals surface area contributed by atoms with E-state index in [1.54, 1.807) is 0 Å². The minimum absolute atomic E-state index is 0.244. The van der Waals surface area contributed by atoms with E-state index in [1.807, 2.05) is 0 Å². The average Bonchev–Trinajstić information content (AvgIpc) is 2.78. The number of hydrogen-bond donors (Lipinski definition) is 1. The molecule has 0 saturated heterocycles. The monoisotopic (exact) mass is 431 g/mol. The molecule has 1 rings (SSSR count). The van der Waals surface area contributed by atoms with E-state index < -0.39 is 0 Å². The summed E-state index contributed by atoms with van der Waals surface area (Å²) in [6, 6.07) is 8.64. The summed E-state index contributed by atoms with van der Waals surface area (Å²) in [7, 11) is 0. The van der Waals surface area contributed by atoms with E-state index in [0.717, 1.165) is 31.9 Å². The molecule has 0 aromatic heterocycles. The van der Waals surface area contributed by atoms with E-state index in [2.05, 4.69) is 57.3 Å². The van der Waals surface area contributed by atoms with Gasteiger partial charge in [-0.1, -0.05) is 123 Å². The van der Waals surface area contributed by atoms with Gasteiger partial charge in [-0.05, 0) is 42.5 Å². The second kappa shape index (κ2) is 18.5. The summed E-state index contributed by atoms with van der Waals surface area (Å²) in [5.74, 6) is 0.981. The Hall–Kier alpha value is -1.02. The molecular weight excluding hydrogens is 378 g/mol. The molecule has 2 heteroatoms. The van der Waals surface area contributed by atoms with Gasteiger partial charge >= 0.3 is 0 Å². The van der Waals surface area contributed by atoms with Crippen LogP contribution < -0.4 is 10.1 Å². The Kier molecular flexibility index (Phi) is 16.8. The van der Waals surface area contributed by atoms with Gasteiger partial charge in [0.1, 0.15) is 12.4 Å². The lowest BCUT2D eigenvalue weighted by molar-refractivity contribution is 0.313. The van der Waals surface area contributed by atoms with Crippen LogP contribution in [0.15, 0.2) is 24.3 Å². The highest BCUT2D eigenvalue weighted by molar-refractivity contribution is 5.31. The second-order valence-corrected chi connectivity index (χ2v) is 9.96. The first-order valence-electron chi connectivity index (χ1n) is 13.5. The Labute approximate surface area is 194 Å². The van der Waals surface area contributed by atoms with Crippen molar-refractivity contribution in [1.82, 2.24) is 5.32 Å². The van der Waals surface area contributed by atoms with Crippen LogP contribution in [0.3, 0.4) is 0 Å². The van der Waals surface area contributed by atoms with Crippen LogP contribution in [0, 0.1) is 0 Å². The van der Waals surface area contributed by atoms with Crippen molar-refractivity contribution in [3.63, 3.8) is 0 Å². The molecule has 0 bridgehead atoms. The number of hydrogen-bond acceptors (Lipinski definition) is 2. The normalized spacial score (nSPS) is 11.7. The van der Waals surface area contributed by atoms with Gasteiger partial charge in [-0.2, -0.15) is 0 Å². The van der Waals surface area contributed by atoms with Crippen molar-refractivity contribution in [2.24, 2.45) is 0 Å². The summed E-state index contributed by atoms with van der Waals surface area (Å²) in [5, 5.41) is 3.52. The summed E-state index contributed by atoms with van der Waals surface area (Å²) in [6.07, 6.45) is 21.0. The first kappa shape index (κ1) is 28.0. The largest absolute Gasteiger partial charge is 0.492 e. The van der Waals surface area contributed by atoms with Gasteiger partial charge in [0.25, 0.3) is 0 Å². The number of nitrogens with one attached hydrogen (secondary N) is 1. The molecule has 2 nitrogen and oxygen atoms in total. The Morgan fingerprint density at radius 1 is 0.645 bits per heavy atom. The summed E-state index contributed by atoms with van der Waals surface area (Å²) in [5.41, 5.74) is 1.63. The summed E-state index contributed by atoms with van der Waals surface area (Å²) >= 11 is 0. The van der Waals surface area contributed by atoms with Gasteiger partial charge < -0.3 is 10.1 Å². The van der Waals surface area contributed by atoms with Crippen LogP contribution in [0.1, 0.15) is 130 Å². The quantitative estimate of drug-likeness (QED) is 0.196. The molecule has 0 aliphatic heterocycles. The van der Waals surface area contributed by atoms with Gasteiger partial charge in [0.2, 0.25) is 0 Å². The lowest BCUT2D eigenvalue weighted by Gasteiger charge is -2.23. The number of benzene rings is 1. The third-order valence-corrected chi connectivity index (χ3v) is 6.77. The van der Waals surface area contributed by atoms with E-state index in [1.165, 1.54) is 95.5 Å². The Morgan fingerprint density at radius 2 is 1.13 bits per heavy atom. The number of rotatable bonds is 21. The van der Waals surface area contributed by atoms with Gasteiger partial charge in [-0.3, -0.25) is 0 Å². The molecular formula is C29H53NO. The minimum Gasteiger partial charge on any atom is -0.492 e. The molecule has 0 atom stereocenters. The van der Waals surface area contributed by atoms with Crippen molar-refractivity contribution >= 4 is 0 Å². The maximum absolute atomic E-state index is 5.87. The zero-order chi connectivity index (χ0) is 22.6. The first-order valence-corrected chi connectivity index (χ1v) is 13.5. The van der Waals surface area contributed by atoms with Crippen LogP contribution in [0.4, 0.5) is 0 Å². The fourth-order valence-electron chi connectivity index (χ4n) is 4.02. The van der Waals surface area contributed by atoms with E-state index in [0.29, 0.717) is 0 Å². The first-order chi connectivity index (χ1) is 15.1. The molecule has 1 N–H and O–H groups in total. The lowest BCUT2D eigenvalue weighted by Crippen LogP contribution is -2.22. The predicted octanol–water partition coefficient (Wildman–Crippen LogP) is 8.82. The van der Waals surface area contributed by atoms with Crippen molar-refractivity contribution in [1.29, 1.82) is 0 Å². The molecule has 0 heterocycles. The molecule has 0 amide bonds. The highest BCUT2D eigenvalue weighted by atomic mass is 16.5. The molecule has 0 spiro atoms. The van der Waals surface area contributed by atoms with Crippen molar-refractivity contribution in [2.75, 3.05) is 19.7 Å². The van der Waals surface area contributed by atoms with Crippen LogP contribution in [0.5, 0.6) is 5.75 Å². The zero-order valence-electron chi connectivity index (χ0n) is 21.4. The topological polar surface area (TPSA) is 21.3 Å². The molecule has 31 heavy (non-hydrogen) atoms. The van der Waals surface area contributed by atoms with Crippen molar-refractivity contribution in [3.8, 4) is 5.75 Å². The van der Waals surface area contributed by atoms with Gasteiger partial charge in [0.05, 0.1) is 0 Å². The molecule has 0 saturated carbocycles. The molecule has 0 fully saturated rings. The maximum Gasteiger partial charge on any atom is 0.119 e. The average molecular weight is 432 g/mol. The van der Waals surface area contributed by atoms with Gasteiger partial charge in [-0.25, -0.2) is 0 Å². The smallest absolute Gasteiger partial charge is 0.119 e. The predicted molar refractivity (Wildman–Crippen MR) is 138 cm³/mol.